The maximum absolute atomic E-state index is 13.1. The molecule has 2 amide bonds. The van der Waals surface area contributed by atoms with E-state index in [4.69, 9.17) is 9.84 Å². The molecule has 0 aromatic heterocycles. The maximum Gasteiger partial charge on any atom is 0.407 e. The Hall–Kier alpha value is -4.13. The molecule has 1 unspecified atom stereocenters. The molecule has 0 saturated carbocycles. The van der Waals surface area contributed by atoms with E-state index in [0.29, 0.717) is 13.0 Å². The molecule has 1 atom stereocenters. The highest BCUT2D eigenvalue weighted by molar-refractivity contribution is 5.80. The van der Waals surface area contributed by atoms with Crippen LogP contribution in [0.4, 0.5) is 4.79 Å². The van der Waals surface area contributed by atoms with E-state index >= 15 is 0 Å². The number of carbonyl (C=O) groups excluding carboxylic acids is 2. The second-order valence-corrected chi connectivity index (χ2v) is 9.22. The van der Waals surface area contributed by atoms with E-state index in [-0.39, 0.29) is 37.8 Å². The molecule has 7 heteroatoms. The Morgan fingerprint density at radius 1 is 0.919 bits per heavy atom. The van der Waals surface area contributed by atoms with E-state index in [2.05, 4.69) is 29.6 Å². The van der Waals surface area contributed by atoms with Gasteiger partial charge in [0.25, 0.3) is 0 Å². The minimum absolute atomic E-state index is 0.0442. The molecule has 1 aliphatic carbocycles. The van der Waals surface area contributed by atoms with E-state index < -0.39 is 18.1 Å². The predicted octanol–water partition coefficient (Wildman–Crippen LogP) is 5.20. The number of benzene rings is 3. The van der Waals surface area contributed by atoms with E-state index in [9.17, 15) is 14.4 Å². The summed E-state index contributed by atoms with van der Waals surface area (Å²) in [5.41, 5.74) is 5.49. The van der Waals surface area contributed by atoms with E-state index in [1.54, 1.807) is 0 Å². The van der Waals surface area contributed by atoms with Crippen LogP contribution in [-0.4, -0.2) is 47.2 Å². The molecular weight excluding hydrogens is 468 g/mol. The number of hydrogen-bond acceptors (Lipinski definition) is 4. The molecule has 37 heavy (non-hydrogen) atoms. The lowest BCUT2D eigenvalue weighted by molar-refractivity contribution is -0.138. The number of hydrogen-bond donors (Lipinski definition) is 2. The summed E-state index contributed by atoms with van der Waals surface area (Å²) in [6, 6.07) is 25.3. The molecule has 1 aliphatic rings. The molecule has 0 spiro atoms. The van der Waals surface area contributed by atoms with Gasteiger partial charge in [0.1, 0.15) is 6.61 Å². The SMILES string of the molecule is CCC(CC(=O)N(CCC(=O)O)Cc1ccccc1)NC(=O)OCC1c2ccccc2-c2ccccc21. The summed E-state index contributed by atoms with van der Waals surface area (Å²) in [5, 5.41) is 11.9. The highest BCUT2D eigenvalue weighted by Gasteiger charge is 2.29. The predicted molar refractivity (Wildman–Crippen MR) is 141 cm³/mol. The molecule has 0 bridgehead atoms. The van der Waals surface area contributed by atoms with Gasteiger partial charge in [-0.3, -0.25) is 9.59 Å². The van der Waals surface area contributed by atoms with Gasteiger partial charge in [-0.2, -0.15) is 0 Å². The molecule has 3 aromatic rings. The number of rotatable bonds is 11. The van der Waals surface area contributed by atoms with Crippen LogP contribution >= 0.6 is 0 Å². The number of carboxylic acids is 1. The van der Waals surface area contributed by atoms with Crippen molar-refractivity contribution in [1.82, 2.24) is 10.2 Å². The van der Waals surface area contributed by atoms with Crippen molar-refractivity contribution in [3.63, 3.8) is 0 Å². The van der Waals surface area contributed by atoms with Crippen molar-refractivity contribution in [2.75, 3.05) is 13.2 Å². The van der Waals surface area contributed by atoms with Crippen molar-refractivity contribution in [3.8, 4) is 11.1 Å². The van der Waals surface area contributed by atoms with Crippen LogP contribution in [0.15, 0.2) is 78.9 Å². The molecule has 0 fully saturated rings. The van der Waals surface area contributed by atoms with Gasteiger partial charge in [0.05, 0.1) is 6.42 Å². The fourth-order valence-electron chi connectivity index (χ4n) is 4.77. The number of nitrogens with zero attached hydrogens (tertiary/aromatic N) is 1. The van der Waals surface area contributed by atoms with E-state index in [1.807, 2.05) is 61.5 Å². The molecule has 3 aromatic carbocycles. The zero-order valence-electron chi connectivity index (χ0n) is 20.9. The second kappa shape index (κ2) is 12.2. The lowest BCUT2D eigenvalue weighted by atomic mass is 9.98. The average Bonchev–Trinajstić information content (AvgIpc) is 3.23. The normalized spacial score (nSPS) is 12.8. The number of carboxylic acid groups (broad SMARTS) is 1. The Morgan fingerprint density at radius 3 is 2.11 bits per heavy atom. The van der Waals surface area contributed by atoms with Crippen LogP contribution in [0.2, 0.25) is 0 Å². The lowest BCUT2D eigenvalue weighted by Gasteiger charge is -2.25. The second-order valence-electron chi connectivity index (χ2n) is 9.22. The van der Waals surface area contributed by atoms with Crippen molar-refractivity contribution in [2.24, 2.45) is 0 Å². The van der Waals surface area contributed by atoms with Crippen molar-refractivity contribution in [2.45, 2.75) is 44.7 Å². The van der Waals surface area contributed by atoms with E-state index in [0.717, 1.165) is 27.8 Å². The van der Waals surface area contributed by atoms with Crippen LogP contribution in [0.3, 0.4) is 0 Å². The summed E-state index contributed by atoms with van der Waals surface area (Å²) < 4.78 is 5.64. The summed E-state index contributed by atoms with van der Waals surface area (Å²) in [4.78, 5) is 38.5. The number of nitrogens with one attached hydrogen (secondary N) is 1. The Labute approximate surface area is 217 Å². The van der Waals surface area contributed by atoms with Crippen molar-refractivity contribution in [1.29, 1.82) is 0 Å². The summed E-state index contributed by atoms with van der Waals surface area (Å²) in [5.74, 6) is -1.22. The van der Waals surface area contributed by atoms with Crippen LogP contribution in [0.5, 0.6) is 0 Å². The van der Waals surface area contributed by atoms with Crippen LogP contribution < -0.4 is 5.32 Å². The zero-order chi connectivity index (χ0) is 26.2. The summed E-state index contributed by atoms with van der Waals surface area (Å²) in [7, 11) is 0. The molecule has 0 radical (unpaired) electrons. The van der Waals surface area contributed by atoms with Crippen LogP contribution in [0, 0.1) is 0 Å². The smallest absolute Gasteiger partial charge is 0.407 e. The van der Waals surface area contributed by atoms with E-state index in [1.165, 1.54) is 4.90 Å². The number of alkyl carbamates (subject to hydrolysis) is 1. The number of carbonyl (C=O) groups is 3. The third kappa shape index (κ3) is 6.55. The van der Waals surface area contributed by atoms with Gasteiger partial charge in [0.2, 0.25) is 5.91 Å². The van der Waals surface area contributed by atoms with Crippen LogP contribution in [0.1, 0.15) is 48.8 Å². The first-order valence-corrected chi connectivity index (χ1v) is 12.6. The van der Waals surface area contributed by atoms with Gasteiger partial charge in [0.15, 0.2) is 0 Å². The highest BCUT2D eigenvalue weighted by Crippen LogP contribution is 2.44. The number of fused-ring (bicyclic) bond motifs is 3. The van der Waals surface area contributed by atoms with Gasteiger partial charge < -0.3 is 20.1 Å². The highest BCUT2D eigenvalue weighted by atomic mass is 16.5. The quantitative estimate of drug-likeness (QED) is 0.377. The topological polar surface area (TPSA) is 95.9 Å². The largest absolute Gasteiger partial charge is 0.481 e. The Balaban J connectivity index is 1.35. The van der Waals surface area contributed by atoms with Gasteiger partial charge >= 0.3 is 12.1 Å². The Kier molecular flexibility index (Phi) is 8.56. The Bertz CT molecular complexity index is 1200. The Morgan fingerprint density at radius 2 is 1.51 bits per heavy atom. The minimum atomic E-state index is -0.963. The maximum atomic E-state index is 13.1. The van der Waals surface area contributed by atoms with Gasteiger partial charge in [-0.15, -0.1) is 0 Å². The molecule has 0 saturated heterocycles. The van der Waals surface area contributed by atoms with Gasteiger partial charge in [-0.05, 0) is 34.2 Å². The van der Waals surface area contributed by atoms with Gasteiger partial charge in [-0.25, -0.2) is 4.79 Å². The van der Waals surface area contributed by atoms with Crippen molar-refractivity contribution >= 4 is 18.0 Å². The lowest BCUT2D eigenvalue weighted by Crippen LogP contribution is -2.41. The average molecular weight is 501 g/mol. The third-order valence-electron chi connectivity index (χ3n) is 6.74. The fraction of sp³-hybridized carbons (Fsp3) is 0.300. The standard InChI is InChI=1S/C30H32N2O5/c1-2-22(18-28(33)32(17-16-29(34)35)19-21-10-4-3-5-11-21)31-30(36)37-20-27-25-14-8-6-12-23(25)24-13-7-9-15-26(24)27/h3-15,22,27H,2,16-20H2,1H3,(H,31,36)(H,34,35). The summed E-state index contributed by atoms with van der Waals surface area (Å²) in [6.07, 6.45) is -0.113. The molecular formula is C30H32N2O5. The monoisotopic (exact) mass is 500 g/mol. The number of aliphatic carboxylic acids is 1. The molecule has 2 N–H and O–H groups in total. The van der Waals surface area contributed by atoms with Crippen molar-refractivity contribution in [3.05, 3.63) is 95.6 Å². The molecule has 0 heterocycles. The first-order chi connectivity index (χ1) is 18.0. The minimum Gasteiger partial charge on any atom is -0.481 e. The van der Waals surface area contributed by atoms with Crippen LogP contribution in [0.25, 0.3) is 11.1 Å². The van der Waals surface area contributed by atoms with Crippen LogP contribution in [-0.2, 0) is 20.9 Å². The summed E-state index contributed by atoms with van der Waals surface area (Å²) >= 11 is 0. The molecule has 0 aliphatic heterocycles. The summed E-state index contributed by atoms with van der Waals surface area (Å²) in [6.45, 7) is 2.50. The third-order valence-corrected chi connectivity index (χ3v) is 6.74. The fourth-order valence-corrected chi connectivity index (χ4v) is 4.77. The molecule has 7 nitrogen and oxygen atoms in total. The van der Waals surface area contributed by atoms with Gasteiger partial charge in [-0.1, -0.05) is 85.8 Å². The first-order valence-electron chi connectivity index (χ1n) is 12.6. The first kappa shape index (κ1) is 25.9. The van der Waals surface area contributed by atoms with Gasteiger partial charge in [0, 0.05) is 31.5 Å². The zero-order valence-corrected chi connectivity index (χ0v) is 20.9. The van der Waals surface area contributed by atoms with Crippen molar-refractivity contribution < 1.29 is 24.2 Å². The number of ether oxygens (including phenoxy) is 1. The molecule has 192 valence electrons. The molecule has 4 rings (SSSR count). The number of amides is 2.